The minimum atomic E-state index is -3.56. The van der Waals surface area contributed by atoms with E-state index in [1.165, 1.54) is 15.6 Å². The zero-order valence-corrected chi connectivity index (χ0v) is 16.1. The van der Waals surface area contributed by atoms with Gasteiger partial charge in [-0.15, -0.1) is 11.3 Å². The van der Waals surface area contributed by atoms with Crippen LogP contribution in [0.4, 0.5) is 0 Å². The molecule has 8 heteroatoms. The predicted molar refractivity (Wildman–Crippen MR) is 98.6 cm³/mol. The molecule has 0 spiro atoms. The van der Waals surface area contributed by atoms with E-state index in [2.05, 4.69) is 5.32 Å². The lowest BCUT2D eigenvalue weighted by molar-refractivity contribution is 0.0532. The van der Waals surface area contributed by atoms with E-state index in [0.717, 1.165) is 10.1 Å². The largest absolute Gasteiger partial charge is 0.462 e. The van der Waals surface area contributed by atoms with Gasteiger partial charge in [-0.05, 0) is 50.4 Å². The third-order valence-corrected chi connectivity index (χ3v) is 7.05. The Kier molecular flexibility index (Phi) is 5.15. The quantitative estimate of drug-likeness (QED) is 0.822. The van der Waals surface area contributed by atoms with Gasteiger partial charge in [0.05, 0.1) is 11.5 Å². The molecule has 2 aromatic rings. The Morgan fingerprint density at radius 3 is 2.60 bits per heavy atom. The molecule has 0 aliphatic carbocycles. The predicted octanol–water partition coefficient (Wildman–Crippen LogP) is 2.45. The fraction of sp³-hybridized carbons (Fsp3) is 0.471. The standard InChI is InChI=1S/C17H22N2O4S2/c1-4-23-17(20)16-8-13-7-14(5-6-15(13)24-16)25(21,22)19-9-11(2)18-12(3)10-19/h5-8,11-12,18H,4,9-10H2,1-3H3. The molecule has 2 atom stereocenters. The number of rotatable bonds is 4. The van der Waals surface area contributed by atoms with Crippen LogP contribution >= 0.6 is 11.3 Å². The first kappa shape index (κ1) is 18.3. The summed E-state index contributed by atoms with van der Waals surface area (Å²) in [5.41, 5.74) is 0. The fourth-order valence-electron chi connectivity index (χ4n) is 3.11. The number of nitrogens with one attached hydrogen (secondary N) is 1. The fourth-order valence-corrected chi connectivity index (χ4v) is 5.70. The molecule has 1 aliphatic rings. The van der Waals surface area contributed by atoms with Gasteiger partial charge in [0, 0.05) is 29.9 Å². The number of hydrogen-bond donors (Lipinski definition) is 1. The summed E-state index contributed by atoms with van der Waals surface area (Å²) in [6.45, 7) is 6.92. The summed E-state index contributed by atoms with van der Waals surface area (Å²) < 4.78 is 33.4. The second-order valence-electron chi connectivity index (χ2n) is 6.32. The SMILES string of the molecule is CCOC(=O)c1cc2cc(S(=O)(=O)N3CC(C)NC(C)C3)ccc2s1. The number of ether oxygens (including phenoxy) is 1. The number of carbonyl (C=O) groups is 1. The summed E-state index contributed by atoms with van der Waals surface area (Å²) in [6, 6.07) is 6.92. The Bertz CT molecular complexity index is 881. The molecule has 0 bridgehead atoms. The summed E-state index contributed by atoms with van der Waals surface area (Å²) in [5, 5.41) is 4.08. The highest BCUT2D eigenvalue weighted by molar-refractivity contribution is 7.89. The van der Waals surface area contributed by atoms with Crippen LogP contribution in [0.5, 0.6) is 0 Å². The first-order valence-corrected chi connectivity index (χ1v) is 10.5. The van der Waals surface area contributed by atoms with Gasteiger partial charge in [0.15, 0.2) is 0 Å². The monoisotopic (exact) mass is 382 g/mol. The minimum Gasteiger partial charge on any atom is -0.462 e. The van der Waals surface area contributed by atoms with Crippen molar-refractivity contribution >= 4 is 37.4 Å². The first-order valence-electron chi connectivity index (χ1n) is 8.28. The molecule has 1 aromatic heterocycles. The molecular weight excluding hydrogens is 360 g/mol. The summed E-state index contributed by atoms with van der Waals surface area (Å²) >= 11 is 1.31. The van der Waals surface area contributed by atoms with Crippen molar-refractivity contribution in [2.24, 2.45) is 0 Å². The number of carbonyl (C=O) groups excluding carboxylic acids is 1. The highest BCUT2D eigenvalue weighted by Crippen LogP contribution is 2.30. The Labute approximate surface area is 151 Å². The summed E-state index contributed by atoms with van der Waals surface area (Å²) in [4.78, 5) is 12.6. The Balaban J connectivity index is 1.93. The first-order chi connectivity index (χ1) is 11.8. The van der Waals surface area contributed by atoms with Crippen LogP contribution in [0.3, 0.4) is 0 Å². The van der Waals surface area contributed by atoms with Crippen molar-refractivity contribution in [1.29, 1.82) is 0 Å². The van der Waals surface area contributed by atoms with Gasteiger partial charge in [-0.2, -0.15) is 4.31 Å². The van der Waals surface area contributed by atoms with Gasteiger partial charge in [0.2, 0.25) is 10.0 Å². The topological polar surface area (TPSA) is 75.7 Å². The lowest BCUT2D eigenvalue weighted by Crippen LogP contribution is -2.55. The van der Waals surface area contributed by atoms with Gasteiger partial charge in [-0.3, -0.25) is 0 Å². The van der Waals surface area contributed by atoms with Crippen LogP contribution < -0.4 is 5.32 Å². The van der Waals surface area contributed by atoms with Crippen molar-refractivity contribution in [3.63, 3.8) is 0 Å². The van der Waals surface area contributed by atoms with Crippen molar-refractivity contribution in [1.82, 2.24) is 9.62 Å². The van der Waals surface area contributed by atoms with Gasteiger partial charge >= 0.3 is 5.97 Å². The molecule has 0 radical (unpaired) electrons. The van der Waals surface area contributed by atoms with E-state index in [1.807, 2.05) is 13.8 Å². The molecule has 1 N–H and O–H groups in total. The van der Waals surface area contributed by atoms with Crippen LogP contribution in [0.15, 0.2) is 29.2 Å². The molecular formula is C17H22N2O4S2. The number of esters is 1. The van der Waals surface area contributed by atoms with Gasteiger partial charge in [-0.1, -0.05) is 0 Å². The van der Waals surface area contributed by atoms with E-state index in [4.69, 9.17) is 4.74 Å². The molecule has 1 saturated heterocycles. The molecule has 3 rings (SSSR count). The summed E-state index contributed by atoms with van der Waals surface area (Å²) in [7, 11) is -3.56. The van der Waals surface area contributed by atoms with Gasteiger partial charge < -0.3 is 10.1 Å². The molecule has 0 saturated carbocycles. The average molecular weight is 383 g/mol. The maximum Gasteiger partial charge on any atom is 0.348 e. The zero-order chi connectivity index (χ0) is 18.2. The molecule has 136 valence electrons. The second kappa shape index (κ2) is 7.03. The van der Waals surface area contributed by atoms with Crippen LogP contribution in [-0.2, 0) is 14.8 Å². The van der Waals surface area contributed by atoms with E-state index < -0.39 is 10.0 Å². The number of fused-ring (bicyclic) bond motifs is 1. The Hall–Kier alpha value is -1.48. The van der Waals surface area contributed by atoms with Crippen LogP contribution in [-0.4, -0.2) is 50.5 Å². The average Bonchev–Trinajstić information content (AvgIpc) is 2.97. The van der Waals surface area contributed by atoms with Gasteiger partial charge in [0.1, 0.15) is 4.88 Å². The number of benzene rings is 1. The number of thiophene rings is 1. The van der Waals surface area contributed by atoms with Gasteiger partial charge in [0.25, 0.3) is 0 Å². The Morgan fingerprint density at radius 1 is 1.28 bits per heavy atom. The summed E-state index contributed by atoms with van der Waals surface area (Å²) in [5.74, 6) is -0.377. The Morgan fingerprint density at radius 2 is 1.96 bits per heavy atom. The van der Waals surface area contributed by atoms with E-state index in [1.54, 1.807) is 31.2 Å². The molecule has 2 heterocycles. The third kappa shape index (κ3) is 3.72. The van der Waals surface area contributed by atoms with E-state index in [9.17, 15) is 13.2 Å². The van der Waals surface area contributed by atoms with Crippen molar-refractivity contribution in [2.75, 3.05) is 19.7 Å². The van der Waals surface area contributed by atoms with E-state index >= 15 is 0 Å². The van der Waals surface area contributed by atoms with Crippen molar-refractivity contribution in [3.8, 4) is 0 Å². The number of sulfonamides is 1. The second-order valence-corrected chi connectivity index (χ2v) is 9.34. The molecule has 2 unspecified atom stereocenters. The van der Waals surface area contributed by atoms with Crippen molar-refractivity contribution in [3.05, 3.63) is 29.1 Å². The number of hydrogen-bond acceptors (Lipinski definition) is 6. The highest BCUT2D eigenvalue weighted by Gasteiger charge is 2.31. The molecule has 1 fully saturated rings. The normalized spacial score (nSPS) is 22.2. The van der Waals surface area contributed by atoms with Crippen molar-refractivity contribution in [2.45, 2.75) is 37.8 Å². The maximum absolute atomic E-state index is 13.0. The summed E-state index contributed by atoms with van der Waals surface area (Å²) in [6.07, 6.45) is 0. The van der Waals surface area contributed by atoms with E-state index in [0.29, 0.717) is 24.6 Å². The zero-order valence-electron chi connectivity index (χ0n) is 14.5. The molecule has 1 aromatic carbocycles. The van der Waals surface area contributed by atoms with Crippen LogP contribution in [0.25, 0.3) is 10.1 Å². The smallest absolute Gasteiger partial charge is 0.348 e. The van der Waals surface area contributed by atoms with Crippen LogP contribution in [0, 0.1) is 0 Å². The third-order valence-electron chi connectivity index (χ3n) is 4.13. The van der Waals surface area contributed by atoms with Crippen LogP contribution in [0.1, 0.15) is 30.4 Å². The number of piperazine rings is 1. The lowest BCUT2D eigenvalue weighted by Gasteiger charge is -2.35. The van der Waals surface area contributed by atoms with Crippen molar-refractivity contribution < 1.29 is 17.9 Å². The minimum absolute atomic E-state index is 0.110. The molecule has 6 nitrogen and oxygen atoms in total. The highest BCUT2D eigenvalue weighted by atomic mass is 32.2. The molecule has 25 heavy (non-hydrogen) atoms. The van der Waals surface area contributed by atoms with Gasteiger partial charge in [-0.25, -0.2) is 13.2 Å². The molecule has 1 aliphatic heterocycles. The van der Waals surface area contributed by atoms with Crippen LogP contribution in [0.2, 0.25) is 0 Å². The number of nitrogens with zero attached hydrogens (tertiary/aromatic N) is 1. The molecule has 0 amide bonds. The lowest BCUT2D eigenvalue weighted by atomic mass is 10.2. The van der Waals surface area contributed by atoms with E-state index in [-0.39, 0.29) is 22.9 Å². The maximum atomic E-state index is 13.0.